The number of aliphatic hydroxyl groups is 2. The molecule has 0 bridgehead atoms. The molecule has 0 aromatic carbocycles. The number of carbonyl (C=O) groups excluding carboxylic acids is 3. The predicted molar refractivity (Wildman–Crippen MR) is 80.0 cm³/mol. The average molecular weight is 319 g/mol. The summed E-state index contributed by atoms with van der Waals surface area (Å²) in [5.41, 5.74) is -1.09. The highest BCUT2D eigenvalue weighted by atomic mass is 16.6. The van der Waals surface area contributed by atoms with E-state index in [4.69, 9.17) is 0 Å². The van der Waals surface area contributed by atoms with Crippen LogP contribution in [0.1, 0.15) is 19.8 Å². The Balaban J connectivity index is 1.98. The first-order chi connectivity index (χ1) is 10.7. The molecular weight excluding hydrogens is 302 g/mol. The lowest BCUT2D eigenvalue weighted by Crippen LogP contribution is -2.43. The molecule has 2 aliphatic rings. The van der Waals surface area contributed by atoms with E-state index in [-0.39, 0.29) is 17.7 Å². The fourth-order valence-electron chi connectivity index (χ4n) is 2.37. The second-order valence-corrected chi connectivity index (χ2v) is 5.47. The van der Waals surface area contributed by atoms with Crippen LogP contribution in [-0.2, 0) is 19.1 Å². The van der Waals surface area contributed by atoms with E-state index >= 15 is 0 Å². The predicted octanol–water partition coefficient (Wildman–Crippen LogP) is 0.582. The average Bonchev–Trinajstić information content (AvgIpc) is 2.80. The van der Waals surface area contributed by atoms with Crippen LogP contribution in [0.5, 0.6) is 0 Å². The molecule has 1 heterocycles. The lowest BCUT2D eigenvalue weighted by Gasteiger charge is -2.29. The molecule has 3 N–H and O–H groups in total. The van der Waals surface area contributed by atoms with E-state index in [0.717, 1.165) is 6.08 Å². The van der Waals surface area contributed by atoms with Gasteiger partial charge in [0, 0.05) is 13.0 Å². The van der Waals surface area contributed by atoms with Crippen LogP contribution in [0, 0.1) is 0 Å². The maximum atomic E-state index is 12.0. The van der Waals surface area contributed by atoms with Crippen LogP contribution in [0.15, 0.2) is 47.4 Å². The van der Waals surface area contributed by atoms with Gasteiger partial charge in [-0.3, -0.25) is 4.79 Å². The van der Waals surface area contributed by atoms with Crippen molar-refractivity contribution >= 4 is 17.7 Å². The number of esters is 2. The number of nitrogens with one attached hydrogen (secondary N) is 1. The van der Waals surface area contributed by atoms with E-state index < -0.39 is 29.1 Å². The summed E-state index contributed by atoms with van der Waals surface area (Å²) < 4.78 is 4.34. The number of rotatable bonds is 6. The quantitative estimate of drug-likeness (QED) is 0.373. The van der Waals surface area contributed by atoms with Gasteiger partial charge in [-0.2, -0.15) is 0 Å². The van der Waals surface area contributed by atoms with Crippen LogP contribution in [0.25, 0.3) is 0 Å². The maximum absolute atomic E-state index is 12.0. The van der Waals surface area contributed by atoms with Crippen LogP contribution in [0.2, 0.25) is 0 Å². The molecule has 0 spiro atoms. The summed E-state index contributed by atoms with van der Waals surface area (Å²) in [6.45, 7) is 5.25. The second-order valence-electron chi connectivity index (χ2n) is 5.47. The summed E-state index contributed by atoms with van der Waals surface area (Å²) in [7, 11) is 0. The number of cyclic esters (lactones) is 2. The van der Waals surface area contributed by atoms with Gasteiger partial charge in [0.1, 0.15) is 11.5 Å². The van der Waals surface area contributed by atoms with Crippen molar-refractivity contribution in [2.75, 3.05) is 6.54 Å². The SMILES string of the molecule is C=C(C)C(=O)C1(O)CC(CCNC2=CC(=O)OC2=O)=CC=C1O. The van der Waals surface area contributed by atoms with Crippen molar-refractivity contribution in [3.05, 3.63) is 47.4 Å². The van der Waals surface area contributed by atoms with Crippen LogP contribution < -0.4 is 5.32 Å². The van der Waals surface area contributed by atoms with Crippen molar-refractivity contribution in [3.63, 3.8) is 0 Å². The molecule has 7 heteroatoms. The number of aliphatic hydroxyl groups excluding tert-OH is 1. The van der Waals surface area contributed by atoms with Crippen LogP contribution >= 0.6 is 0 Å². The van der Waals surface area contributed by atoms with E-state index in [0.29, 0.717) is 18.5 Å². The smallest absolute Gasteiger partial charge is 0.362 e. The molecule has 0 saturated heterocycles. The van der Waals surface area contributed by atoms with Crippen molar-refractivity contribution in [1.82, 2.24) is 5.32 Å². The number of ether oxygens (including phenoxy) is 1. The minimum absolute atomic E-state index is 0.0644. The first-order valence-corrected chi connectivity index (χ1v) is 6.97. The molecular formula is C16H17NO6. The Kier molecular flexibility index (Phi) is 4.51. The van der Waals surface area contributed by atoms with Crippen LogP contribution in [-0.4, -0.2) is 40.1 Å². The molecule has 1 unspecified atom stereocenters. The number of ketones is 1. The van der Waals surface area contributed by atoms with Gasteiger partial charge in [-0.25, -0.2) is 9.59 Å². The number of allylic oxidation sites excluding steroid dienone is 2. The van der Waals surface area contributed by atoms with Gasteiger partial charge in [-0.15, -0.1) is 0 Å². The van der Waals surface area contributed by atoms with Crippen molar-refractivity contribution < 1.29 is 29.3 Å². The van der Waals surface area contributed by atoms with E-state index in [1.54, 1.807) is 6.08 Å². The van der Waals surface area contributed by atoms with Crippen molar-refractivity contribution in [2.45, 2.75) is 25.4 Å². The minimum Gasteiger partial charge on any atom is -0.509 e. The Bertz CT molecular complexity index is 685. The molecule has 1 atom stereocenters. The number of hydrogen-bond donors (Lipinski definition) is 3. The zero-order chi connectivity index (χ0) is 17.2. The highest BCUT2D eigenvalue weighted by Crippen LogP contribution is 2.32. The standard InChI is InChI=1S/C16H17NO6/c1-9(2)14(20)16(22)8-10(3-4-12(16)18)5-6-17-11-7-13(19)23-15(11)21/h3-4,7,17-18,22H,1,5-6,8H2,2H3. The van der Waals surface area contributed by atoms with Crippen LogP contribution in [0.4, 0.5) is 0 Å². The van der Waals surface area contributed by atoms with Gasteiger partial charge >= 0.3 is 11.9 Å². The number of hydrogen-bond acceptors (Lipinski definition) is 7. The topological polar surface area (TPSA) is 113 Å². The summed E-state index contributed by atoms with van der Waals surface area (Å²) in [6, 6.07) is 0. The maximum Gasteiger partial charge on any atom is 0.362 e. The summed E-state index contributed by atoms with van der Waals surface area (Å²) in [5, 5.41) is 23.0. The summed E-state index contributed by atoms with van der Waals surface area (Å²) in [4.78, 5) is 34.2. The van der Waals surface area contributed by atoms with E-state index in [1.165, 1.54) is 13.0 Å². The Labute approximate surface area is 132 Å². The zero-order valence-electron chi connectivity index (χ0n) is 12.6. The molecule has 0 aromatic rings. The van der Waals surface area contributed by atoms with E-state index in [1.807, 2.05) is 0 Å². The Morgan fingerprint density at radius 1 is 1.43 bits per heavy atom. The molecule has 1 aliphatic carbocycles. The third-order valence-electron chi connectivity index (χ3n) is 3.58. The van der Waals surface area contributed by atoms with Gasteiger partial charge in [-0.05, 0) is 25.0 Å². The Morgan fingerprint density at radius 3 is 2.70 bits per heavy atom. The zero-order valence-corrected chi connectivity index (χ0v) is 12.6. The molecule has 0 aromatic heterocycles. The lowest BCUT2D eigenvalue weighted by molar-refractivity contribution is -0.150. The van der Waals surface area contributed by atoms with Gasteiger partial charge in [0.15, 0.2) is 11.4 Å². The first-order valence-electron chi connectivity index (χ1n) is 6.97. The highest BCUT2D eigenvalue weighted by molar-refractivity contribution is 6.08. The summed E-state index contributed by atoms with van der Waals surface area (Å²) in [5.74, 6) is -2.52. The summed E-state index contributed by atoms with van der Waals surface area (Å²) >= 11 is 0. The fraction of sp³-hybridized carbons (Fsp3) is 0.312. The third-order valence-corrected chi connectivity index (χ3v) is 3.58. The van der Waals surface area contributed by atoms with Crippen molar-refractivity contribution in [3.8, 4) is 0 Å². The summed E-state index contributed by atoms with van der Waals surface area (Å²) in [6.07, 6.45) is 4.26. The normalized spacial score (nSPS) is 23.7. The van der Waals surface area contributed by atoms with Gasteiger partial charge in [0.25, 0.3) is 0 Å². The second kappa shape index (κ2) is 6.21. The van der Waals surface area contributed by atoms with Gasteiger partial charge in [0.05, 0.1) is 6.08 Å². The van der Waals surface area contributed by atoms with Gasteiger partial charge in [-0.1, -0.05) is 18.2 Å². The van der Waals surface area contributed by atoms with Crippen molar-refractivity contribution in [2.24, 2.45) is 0 Å². The van der Waals surface area contributed by atoms with Crippen molar-refractivity contribution in [1.29, 1.82) is 0 Å². The minimum atomic E-state index is -2.00. The molecule has 1 aliphatic heterocycles. The molecule has 0 radical (unpaired) electrons. The first kappa shape index (κ1) is 16.7. The Morgan fingerprint density at radius 2 is 2.13 bits per heavy atom. The lowest BCUT2D eigenvalue weighted by atomic mass is 9.81. The fourth-order valence-corrected chi connectivity index (χ4v) is 2.37. The van der Waals surface area contributed by atoms with E-state index in [2.05, 4.69) is 16.6 Å². The largest absolute Gasteiger partial charge is 0.509 e. The molecule has 7 nitrogen and oxygen atoms in total. The van der Waals surface area contributed by atoms with Gasteiger partial charge < -0.3 is 20.3 Å². The number of Topliss-reactive ketones (excluding diaryl/α,β-unsaturated/α-hetero) is 1. The molecule has 0 fully saturated rings. The van der Waals surface area contributed by atoms with Crippen LogP contribution in [0.3, 0.4) is 0 Å². The molecule has 122 valence electrons. The number of carbonyl (C=O) groups is 3. The third kappa shape index (κ3) is 3.40. The van der Waals surface area contributed by atoms with E-state index in [9.17, 15) is 24.6 Å². The molecule has 23 heavy (non-hydrogen) atoms. The molecule has 0 saturated carbocycles. The molecule has 2 rings (SSSR count). The molecule has 0 amide bonds. The Hall–Kier alpha value is -2.67. The van der Waals surface area contributed by atoms with Gasteiger partial charge in [0.2, 0.25) is 0 Å². The highest BCUT2D eigenvalue weighted by Gasteiger charge is 2.42. The monoisotopic (exact) mass is 319 g/mol.